The number of alkyl halides is 2. The van der Waals surface area contributed by atoms with Crippen molar-refractivity contribution in [3.8, 4) is 6.07 Å². The summed E-state index contributed by atoms with van der Waals surface area (Å²) in [5, 5.41) is 12.1. The molecule has 10 heteroatoms. The van der Waals surface area contributed by atoms with Crippen LogP contribution in [0, 0.1) is 11.3 Å². The van der Waals surface area contributed by atoms with Gasteiger partial charge >= 0.3 is 0 Å². The van der Waals surface area contributed by atoms with Crippen LogP contribution in [0.15, 0.2) is 53.6 Å². The zero-order valence-electron chi connectivity index (χ0n) is 18.7. The molecule has 0 radical (unpaired) electrons. The molecular weight excluding hydrogens is 456 g/mol. The van der Waals surface area contributed by atoms with E-state index in [-0.39, 0.29) is 11.1 Å². The number of nitriles is 1. The highest BCUT2D eigenvalue weighted by Gasteiger charge is 2.47. The Morgan fingerprint density at radius 2 is 2.11 bits per heavy atom. The van der Waals surface area contributed by atoms with Crippen molar-refractivity contribution in [2.24, 2.45) is 0 Å². The van der Waals surface area contributed by atoms with Gasteiger partial charge in [-0.3, -0.25) is 19.4 Å². The summed E-state index contributed by atoms with van der Waals surface area (Å²) in [6.07, 6.45) is 4.13. The highest BCUT2D eigenvalue weighted by Crippen LogP contribution is 2.31. The van der Waals surface area contributed by atoms with Gasteiger partial charge in [0.1, 0.15) is 6.04 Å². The first-order valence-electron chi connectivity index (χ1n) is 10.8. The molecule has 2 N–H and O–H groups in total. The number of allylic oxidation sites excluding steroid dienone is 1. The van der Waals surface area contributed by atoms with Crippen molar-refractivity contribution in [2.75, 3.05) is 13.1 Å². The number of hydrogen-bond donors (Lipinski definition) is 2. The van der Waals surface area contributed by atoms with Crippen molar-refractivity contribution in [3.05, 3.63) is 75.8 Å². The Bertz CT molecular complexity index is 1440. The number of H-pyrrole nitrogens is 1. The number of carbonyl (C=O) groups is 2. The molecule has 8 nitrogen and oxygen atoms in total. The molecule has 0 saturated carbocycles. The largest absolute Gasteiger partial charge is 0.343 e. The molecule has 2 aromatic heterocycles. The van der Waals surface area contributed by atoms with E-state index in [0.29, 0.717) is 10.9 Å². The first-order valence-corrected chi connectivity index (χ1v) is 10.8. The van der Waals surface area contributed by atoms with Crippen molar-refractivity contribution in [1.82, 2.24) is 20.2 Å². The second kappa shape index (κ2) is 9.46. The van der Waals surface area contributed by atoms with E-state index in [2.05, 4.69) is 15.3 Å². The third-order valence-corrected chi connectivity index (χ3v) is 5.76. The molecule has 1 aliphatic rings. The summed E-state index contributed by atoms with van der Waals surface area (Å²) >= 11 is 0. The smallest absolute Gasteiger partial charge is 0.268 e. The van der Waals surface area contributed by atoms with E-state index in [1.165, 1.54) is 18.3 Å². The summed E-state index contributed by atoms with van der Waals surface area (Å²) in [4.78, 5) is 44.5. The molecule has 1 saturated heterocycles. The lowest BCUT2D eigenvalue weighted by Gasteiger charge is -2.19. The first-order chi connectivity index (χ1) is 16.7. The van der Waals surface area contributed by atoms with E-state index in [1.807, 2.05) is 19.1 Å². The van der Waals surface area contributed by atoms with Crippen LogP contribution in [0.1, 0.15) is 34.8 Å². The number of amides is 2. The molecule has 3 heterocycles. The topological polar surface area (TPSA) is 119 Å². The summed E-state index contributed by atoms with van der Waals surface area (Å²) in [5.74, 6) is -4.45. The molecule has 2 amide bonds. The summed E-state index contributed by atoms with van der Waals surface area (Å²) in [6.45, 7) is 0.507. The summed E-state index contributed by atoms with van der Waals surface area (Å²) in [7, 11) is 0. The van der Waals surface area contributed by atoms with Gasteiger partial charge < -0.3 is 15.2 Å². The molecule has 1 unspecified atom stereocenters. The number of nitrogens with zero attached hydrogens (tertiary/aromatic N) is 3. The van der Waals surface area contributed by atoms with Crippen LogP contribution in [0.3, 0.4) is 0 Å². The second-order valence-electron chi connectivity index (χ2n) is 8.31. The maximum atomic E-state index is 13.6. The van der Waals surface area contributed by atoms with Gasteiger partial charge in [-0.1, -0.05) is 12.1 Å². The molecule has 35 heavy (non-hydrogen) atoms. The van der Waals surface area contributed by atoms with E-state index in [4.69, 9.17) is 5.26 Å². The van der Waals surface area contributed by atoms with Crippen LogP contribution in [0.25, 0.3) is 22.6 Å². The van der Waals surface area contributed by atoms with Gasteiger partial charge in [-0.15, -0.1) is 0 Å². The number of rotatable bonds is 5. The number of hydrogen-bond acceptors (Lipinski definition) is 5. The molecule has 0 bridgehead atoms. The van der Waals surface area contributed by atoms with Crippen molar-refractivity contribution >= 4 is 34.4 Å². The van der Waals surface area contributed by atoms with E-state index in [1.54, 1.807) is 30.5 Å². The fraction of sp³-hybridized carbons (Fsp3) is 0.240. The first kappa shape index (κ1) is 23.8. The number of aromatic nitrogens is 2. The minimum Gasteiger partial charge on any atom is -0.343 e. The predicted octanol–water partition coefficient (Wildman–Crippen LogP) is 2.97. The maximum absolute atomic E-state index is 13.6. The molecule has 1 atom stereocenters. The van der Waals surface area contributed by atoms with Crippen molar-refractivity contribution in [1.29, 1.82) is 5.26 Å². The summed E-state index contributed by atoms with van der Waals surface area (Å²) < 4.78 is 27.3. The third-order valence-electron chi connectivity index (χ3n) is 5.76. The van der Waals surface area contributed by atoms with E-state index in [0.717, 1.165) is 21.6 Å². The van der Waals surface area contributed by atoms with Gasteiger partial charge in [0, 0.05) is 30.3 Å². The van der Waals surface area contributed by atoms with Crippen molar-refractivity contribution in [3.63, 3.8) is 0 Å². The molecular formula is C25H21F2N5O3. The Morgan fingerprint density at radius 1 is 1.31 bits per heavy atom. The molecule has 0 aliphatic carbocycles. The van der Waals surface area contributed by atoms with Gasteiger partial charge in [-0.05, 0) is 47.9 Å². The number of benzene rings is 1. The number of aromatic amines is 1. The van der Waals surface area contributed by atoms with Crippen LogP contribution < -0.4 is 10.9 Å². The number of carbonyl (C=O) groups excluding carboxylic acids is 2. The lowest BCUT2D eigenvalue weighted by atomic mass is 10.00. The van der Waals surface area contributed by atoms with E-state index < -0.39 is 43.3 Å². The number of halogens is 2. The molecule has 4 rings (SSSR count). The van der Waals surface area contributed by atoms with Crippen LogP contribution >= 0.6 is 0 Å². The van der Waals surface area contributed by atoms with Gasteiger partial charge in [0.05, 0.1) is 30.2 Å². The fourth-order valence-electron chi connectivity index (χ4n) is 4.02. The minimum absolute atomic E-state index is 0.221. The monoisotopic (exact) mass is 477 g/mol. The number of fused-ring (bicyclic) bond motifs is 1. The normalized spacial score (nSPS) is 17.3. The number of likely N-dealkylation sites (tertiary alicyclic amines) is 1. The van der Waals surface area contributed by atoms with Gasteiger partial charge in [0.15, 0.2) is 0 Å². The zero-order valence-corrected chi connectivity index (χ0v) is 18.7. The Kier molecular flexibility index (Phi) is 6.42. The summed E-state index contributed by atoms with van der Waals surface area (Å²) in [6, 6.07) is 10.6. The van der Waals surface area contributed by atoms with Crippen LogP contribution in [0.2, 0.25) is 0 Å². The van der Waals surface area contributed by atoms with Gasteiger partial charge in [0.25, 0.3) is 11.8 Å². The average Bonchev–Trinajstić information content (AvgIpc) is 3.16. The van der Waals surface area contributed by atoms with Crippen molar-refractivity contribution in [2.45, 2.75) is 25.3 Å². The molecule has 0 spiro atoms. The predicted molar refractivity (Wildman–Crippen MR) is 125 cm³/mol. The number of pyridine rings is 2. The molecule has 178 valence electrons. The molecule has 1 aromatic carbocycles. The third kappa shape index (κ3) is 5.24. The van der Waals surface area contributed by atoms with Crippen LogP contribution in [0.5, 0.6) is 0 Å². The SMILES string of the molecule is C/C(=C\c1cc[nH]c(=O)c1)c1ccc2nccc(C(=O)NCC(=O)N3CC(F)(F)CC3C#N)c2c1. The Hall–Kier alpha value is -4.39. The van der Waals surface area contributed by atoms with E-state index in [9.17, 15) is 23.2 Å². The van der Waals surface area contributed by atoms with Crippen LogP contribution in [0.4, 0.5) is 8.78 Å². The minimum atomic E-state index is -3.13. The quantitative estimate of drug-likeness (QED) is 0.586. The van der Waals surface area contributed by atoms with Crippen molar-refractivity contribution < 1.29 is 18.4 Å². The molecule has 1 aliphatic heterocycles. The highest BCUT2D eigenvalue weighted by molar-refractivity contribution is 6.07. The average molecular weight is 477 g/mol. The molecule has 1 fully saturated rings. The summed E-state index contributed by atoms with van der Waals surface area (Å²) in [5.41, 5.74) is 2.96. The molecule has 3 aromatic rings. The lowest BCUT2D eigenvalue weighted by Crippen LogP contribution is -2.43. The standard InChI is InChI=1S/C25H21F2N5O3/c1-15(8-16-4-6-30-22(33)9-16)17-2-3-21-20(10-17)19(5-7-29-21)24(35)31-13-23(34)32-14-25(26,27)11-18(32)12-28/h2-10,18H,11,13-14H2,1H3,(H,30,33)(H,31,35)/b15-8+. The lowest BCUT2D eigenvalue weighted by molar-refractivity contribution is -0.131. The fourth-order valence-corrected chi connectivity index (χ4v) is 4.02. The Morgan fingerprint density at radius 3 is 2.86 bits per heavy atom. The number of nitrogens with one attached hydrogen (secondary N) is 2. The van der Waals surface area contributed by atoms with Crippen LogP contribution in [-0.4, -0.2) is 51.7 Å². The van der Waals surface area contributed by atoms with Gasteiger partial charge in [0.2, 0.25) is 11.5 Å². The zero-order chi connectivity index (χ0) is 25.2. The second-order valence-corrected chi connectivity index (χ2v) is 8.31. The highest BCUT2D eigenvalue weighted by atomic mass is 19.3. The Labute approximate surface area is 198 Å². The van der Waals surface area contributed by atoms with Gasteiger partial charge in [-0.25, -0.2) is 8.78 Å². The van der Waals surface area contributed by atoms with Gasteiger partial charge in [-0.2, -0.15) is 5.26 Å². The van der Waals surface area contributed by atoms with Crippen LogP contribution in [-0.2, 0) is 4.79 Å². The Balaban J connectivity index is 1.55. The van der Waals surface area contributed by atoms with E-state index >= 15 is 0 Å². The maximum Gasteiger partial charge on any atom is 0.268 e.